The number of hydrogen-bond acceptors (Lipinski definition) is 3. The number of esters is 1. The fraction of sp³-hybridized carbons (Fsp3) is 0.562. The first kappa shape index (κ1) is 14.1. The number of likely N-dealkylation sites (N-methyl/N-ethyl adjacent to an activating group) is 1. The van der Waals surface area contributed by atoms with E-state index in [-0.39, 0.29) is 17.8 Å². The number of rotatable bonds is 3. The van der Waals surface area contributed by atoms with E-state index in [1.165, 1.54) is 18.2 Å². The van der Waals surface area contributed by atoms with E-state index in [2.05, 4.69) is 36.9 Å². The van der Waals surface area contributed by atoms with Crippen molar-refractivity contribution in [3.63, 3.8) is 0 Å². The van der Waals surface area contributed by atoms with Crippen molar-refractivity contribution in [1.29, 1.82) is 0 Å². The molecule has 2 rings (SSSR count). The van der Waals surface area contributed by atoms with Crippen molar-refractivity contribution >= 4 is 5.97 Å². The highest BCUT2D eigenvalue weighted by Gasteiger charge is 2.35. The number of carbonyl (C=O) groups excluding carboxylic acids is 1. The van der Waals surface area contributed by atoms with Gasteiger partial charge in [-0.2, -0.15) is 0 Å². The van der Waals surface area contributed by atoms with Crippen molar-refractivity contribution in [3.05, 3.63) is 35.4 Å². The van der Waals surface area contributed by atoms with Crippen LogP contribution in [0.4, 0.5) is 0 Å². The molecule has 0 aliphatic carbocycles. The largest absolute Gasteiger partial charge is 0.469 e. The van der Waals surface area contributed by atoms with Crippen molar-refractivity contribution < 1.29 is 9.53 Å². The Morgan fingerprint density at radius 1 is 1.42 bits per heavy atom. The second-order valence-electron chi connectivity index (χ2n) is 5.27. The second-order valence-corrected chi connectivity index (χ2v) is 5.27. The first-order valence-corrected chi connectivity index (χ1v) is 7.03. The van der Waals surface area contributed by atoms with Gasteiger partial charge in [0.2, 0.25) is 0 Å². The van der Waals surface area contributed by atoms with Crippen LogP contribution in [-0.4, -0.2) is 37.6 Å². The Balaban J connectivity index is 2.30. The predicted octanol–water partition coefficient (Wildman–Crippen LogP) is 2.59. The van der Waals surface area contributed by atoms with Crippen LogP contribution in [0.25, 0.3) is 0 Å². The van der Waals surface area contributed by atoms with Crippen LogP contribution < -0.4 is 0 Å². The van der Waals surface area contributed by atoms with E-state index in [9.17, 15) is 4.79 Å². The highest BCUT2D eigenvalue weighted by Crippen LogP contribution is 2.34. The zero-order valence-electron chi connectivity index (χ0n) is 12.1. The van der Waals surface area contributed by atoms with E-state index in [1.807, 2.05) is 6.07 Å². The van der Waals surface area contributed by atoms with Gasteiger partial charge in [0.15, 0.2) is 0 Å². The predicted molar refractivity (Wildman–Crippen MR) is 76.2 cm³/mol. The molecule has 1 aliphatic heterocycles. The van der Waals surface area contributed by atoms with Gasteiger partial charge in [0.05, 0.1) is 13.0 Å². The van der Waals surface area contributed by atoms with E-state index in [0.29, 0.717) is 0 Å². The maximum absolute atomic E-state index is 12.0. The molecule has 104 valence electrons. The number of benzene rings is 1. The van der Waals surface area contributed by atoms with E-state index in [0.717, 1.165) is 26.1 Å². The van der Waals surface area contributed by atoms with E-state index < -0.39 is 0 Å². The van der Waals surface area contributed by atoms with E-state index in [1.54, 1.807) is 0 Å². The molecule has 0 saturated carbocycles. The summed E-state index contributed by atoms with van der Waals surface area (Å²) in [7, 11) is 1.49. The Kier molecular flexibility index (Phi) is 4.59. The van der Waals surface area contributed by atoms with E-state index in [4.69, 9.17) is 4.74 Å². The Morgan fingerprint density at radius 3 is 2.79 bits per heavy atom. The van der Waals surface area contributed by atoms with Gasteiger partial charge in [0.1, 0.15) is 0 Å². The zero-order chi connectivity index (χ0) is 13.8. The summed E-state index contributed by atoms with van der Waals surface area (Å²) < 4.78 is 4.99. The average Bonchev–Trinajstić information content (AvgIpc) is 2.46. The molecule has 0 aromatic heterocycles. The van der Waals surface area contributed by atoms with Gasteiger partial charge < -0.3 is 9.64 Å². The molecular formula is C16H23NO2. The molecule has 1 saturated heterocycles. The van der Waals surface area contributed by atoms with Crippen LogP contribution in [-0.2, 0) is 9.53 Å². The lowest BCUT2D eigenvalue weighted by Crippen LogP contribution is -2.42. The maximum Gasteiger partial charge on any atom is 0.309 e. The van der Waals surface area contributed by atoms with Crippen molar-refractivity contribution in [1.82, 2.24) is 4.90 Å². The second kappa shape index (κ2) is 6.20. The van der Waals surface area contributed by atoms with E-state index >= 15 is 0 Å². The number of methoxy groups -OCH3 is 1. The summed E-state index contributed by atoms with van der Waals surface area (Å²) in [5.74, 6) is 0.181. The quantitative estimate of drug-likeness (QED) is 0.783. The molecule has 0 spiro atoms. The Hall–Kier alpha value is -1.35. The van der Waals surface area contributed by atoms with Crippen molar-refractivity contribution in [3.8, 4) is 0 Å². The van der Waals surface area contributed by atoms with Gasteiger partial charge in [0, 0.05) is 12.5 Å². The molecular weight excluding hydrogens is 238 g/mol. The lowest BCUT2D eigenvalue weighted by molar-refractivity contribution is -0.147. The first-order valence-electron chi connectivity index (χ1n) is 7.03. The smallest absolute Gasteiger partial charge is 0.309 e. The summed E-state index contributed by atoms with van der Waals surface area (Å²) in [5.41, 5.74) is 2.55. The number of likely N-dealkylation sites (tertiary alicyclic amines) is 1. The summed E-state index contributed by atoms with van der Waals surface area (Å²) >= 11 is 0. The van der Waals surface area contributed by atoms with Crippen molar-refractivity contribution in [2.24, 2.45) is 5.92 Å². The fourth-order valence-electron chi connectivity index (χ4n) is 3.06. The summed E-state index contributed by atoms with van der Waals surface area (Å²) in [4.78, 5) is 14.4. The molecule has 19 heavy (non-hydrogen) atoms. The maximum atomic E-state index is 12.0. The minimum absolute atomic E-state index is 0.00565. The van der Waals surface area contributed by atoms with Crippen LogP contribution in [0.15, 0.2) is 24.3 Å². The monoisotopic (exact) mass is 261 g/mol. The standard InChI is InChI=1S/C16H23NO2/c1-4-17-10-9-14(16(18)19-3)15(11-17)13-8-6-5-7-12(13)2/h5-8,14-15H,4,9-11H2,1-3H3. The van der Waals surface area contributed by atoms with Gasteiger partial charge in [-0.1, -0.05) is 31.2 Å². The van der Waals surface area contributed by atoms with Crippen LogP contribution in [0.2, 0.25) is 0 Å². The summed E-state index contributed by atoms with van der Waals surface area (Å²) in [5, 5.41) is 0. The van der Waals surface area contributed by atoms with Gasteiger partial charge in [-0.3, -0.25) is 4.79 Å². The highest BCUT2D eigenvalue weighted by molar-refractivity contribution is 5.74. The van der Waals surface area contributed by atoms with Crippen LogP contribution in [0, 0.1) is 12.8 Å². The van der Waals surface area contributed by atoms with Crippen LogP contribution in [0.5, 0.6) is 0 Å². The van der Waals surface area contributed by atoms with Crippen molar-refractivity contribution in [2.45, 2.75) is 26.2 Å². The molecule has 3 nitrogen and oxygen atoms in total. The lowest BCUT2D eigenvalue weighted by atomic mass is 9.79. The number of hydrogen-bond donors (Lipinski definition) is 0. The van der Waals surface area contributed by atoms with Gasteiger partial charge in [-0.15, -0.1) is 0 Å². The fourth-order valence-corrected chi connectivity index (χ4v) is 3.06. The Bertz CT molecular complexity index is 444. The molecule has 1 aromatic rings. The molecule has 1 fully saturated rings. The third-order valence-corrected chi connectivity index (χ3v) is 4.24. The van der Waals surface area contributed by atoms with Crippen LogP contribution >= 0.6 is 0 Å². The normalized spacial score (nSPS) is 24.2. The molecule has 3 heteroatoms. The number of nitrogens with zero attached hydrogens (tertiary/aromatic N) is 1. The average molecular weight is 261 g/mol. The third kappa shape index (κ3) is 2.98. The molecule has 0 bridgehead atoms. The minimum Gasteiger partial charge on any atom is -0.469 e. The molecule has 0 N–H and O–H groups in total. The van der Waals surface area contributed by atoms with Gasteiger partial charge >= 0.3 is 5.97 Å². The molecule has 1 heterocycles. The summed E-state index contributed by atoms with van der Waals surface area (Å²) in [6.45, 7) is 7.26. The Morgan fingerprint density at radius 2 is 2.16 bits per heavy atom. The Labute approximate surface area is 115 Å². The van der Waals surface area contributed by atoms with Gasteiger partial charge in [-0.25, -0.2) is 0 Å². The first-order chi connectivity index (χ1) is 9.17. The molecule has 1 aromatic carbocycles. The molecule has 0 amide bonds. The number of ether oxygens (including phenoxy) is 1. The minimum atomic E-state index is -0.0657. The topological polar surface area (TPSA) is 29.5 Å². The van der Waals surface area contributed by atoms with Crippen LogP contribution in [0.1, 0.15) is 30.4 Å². The lowest BCUT2D eigenvalue weighted by Gasteiger charge is -2.37. The molecule has 1 aliphatic rings. The number of aryl methyl sites for hydroxylation is 1. The highest BCUT2D eigenvalue weighted by atomic mass is 16.5. The molecule has 2 unspecified atom stereocenters. The summed E-state index contributed by atoms with van der Waals surface area (Å²) in [6, 6.07) is 8.37. The summed E-state index contributed by atoms with van der Waals surface area (Å²) in [6.07, 6.45) is 0.888. The molecule has 0 radical (unpaired) electrons. The number of carbonyl (C=O) groups is 1. The van der Waals surface area contributed by atoms with Crippen LogP contribution in [0.3, 0.4) is 0 Å². The molecule has 2 atom stereocenters. The SMILES string of the molecule is CCN1CCC(C(=O)OC)C(c2ccccc2C)C1. The third-order valence-electron chi connectivity index (χ3n) is 4.24. The zero-order valence-corrected chi connectivity index (χ0v) is 12.1. The van der Waals surface area contributed by atoms with Crippen molar-refractivity contribution in [2.75, 3.05) is 26.7 Å². The van der Waals surface area contributed by atoms with Gasteiger partial charge in [0.25, 0.3) is 0 Å². The van der Waals surface area contributed by atoms with Gasteiger partial charge in [-0.05, 0) is 37.6 Å². The number of piperidine rings is 1.